The lowest BCUT2D eigenvalue weighted by atomic mass is 10.1. The SMILES string of the molecule is CC(C)Nc1cncc(-c2ccc3[nH]nc(-c4nc5nccc(-c6ccc(F)cc6)c5[nH]4)c3n2)c1. The molecule has 0 unspecified atom stereocenters. The molecule has 8 nitrogen and oxygen atoms in total. The van der Waals surface area contributed by atoms with Crippen LogP contribution in [0.25, 0.3) is 56.1 Å². The van der Waals surface area contributed by atoms with Crippen molar-refractivity contribution >= 4 is 27.9 Å². The first-order valence-electron chi connectivity index (χ1n) is 11.2. The molecule has 0 saturated carbocycles. The molecule has 0 radical (unpaired) electrons. The van der Waals surface area contributed by atoms with Crippen molar-refractivity contribution in [3.05, 3.63) is 72.9 Å². The van der Waals surface area contributed by atoms with Crippen molar-refractivity contribution in [3.8, 4) is 33.9 Å². The summed E-state index contributed by atoms with van der Waals surface area (Å²) >= 11 is 0. The van der Waals surface area contributed by atoms with Crippen LogP contribution >= 0.6 is 0 Å². The van der Waals surface area contributed by atoms with Gasteiger partial charge in [-0.25, -0.2) is 19.3 Å². The Kier molecular flexibility index (Phi) is 4.95. The lowest BCUT2D eigenvalue weighted by molar-refractivity contribution is 0.628. The normalized spacial score (nSPS) is 11.5. The molecule has 0 saturated heterocycles. The average Bonchev–Trinajstić information content (AvgIpc) is 3.48. The van der Waals surface area contributed by atoms with Crippen molar-refractivity contribution in [1.29, 1.82) is 0 Å². The predicted octanol–water partition coefficient (Wildman–Crippen LogP) is 5.58. The van der Waals surface area contributed by atoms with Crippen LogP contribution in [0.15, 0.2) is 67.1 Å². The first kappa shape index (κ1) is 20.9. The Hall–Kier alpha value is -4.66. The minimum atomic E-state index is -0.282. The van der Waals surface area contributed by atoms with Crippen molar-refractivity contribution in [2.45, 2.75) is 19.9 Å². The summed E-state index contributed by atoms with van der Waals surface area (Å²) in [5, 5.41) is 10.9. The number of aromatic nitrogens is 7. The Labute approximate surface area is 199 Å². The fourth-order valence-electron chi connectivity index (χ4n) is 4.11. The van der Waals surface area contributed by atoms with Crippen LogP contribution in [-0.2, 0) is 0 Å². The number of imidazole rings is 1. The second-order valence-corrected chi connectivity index (χ2v) is 8.58. The molecule has 0 fully saturated rings. The quantitative estimate of drug-likeness (QED) is 0.307. The van der Waals surface area contributed by atoms with E-state index in [-0.39, 0.29) is 5.82 Å². The van der Waals surface area contributed by atoms with Crippen molar-refractivity contribution in [2.24, 2.45) is 0 Å². The molecular formula is C26H21FN8. The zero-order valence-corrected chi connectivity index (χ0v) is 19.0. The molecule has 0 aliphatic carbocycles. The number of fused-ring (bicyclic) bond motifs is 2. The number of pyridine rings is 3. The molecule has 0 aliphatic rings. The largest absolute Gasteiger partial charge is 0.382 e. The van der Waals surface area contributed by atoms with E-state index in [9.17, 15) is 4.39 Å². The third-order valence-electron chi connectivity index (χ3n) is 5.67. The Morgan fingerprint density at radius 3 is 2.63 bits per heavy atom. The monoisotopic (exact) mass is 464 g/mol. The minimum Gasteiger partial charge on any atom is -0.382 e. The molecule has 9 heteroatoms. The summed E-state index contributed by atoms with van der Waals surface area (Å²) in [6.45, 7) is 4.16. The first-order valence-corrected chi connectivity index (χ1v) is 11.2. The molecule has 35 heavy (non-hydrogen) atoms. The number of hydrogen-bond acceptors (Lipinski definition) is 6. The van der Waals surface area contributed by atoms with Gasteiger partial charge in [-0.2, -0.15) is 5.10 Å². The van der Waals surface area contributed by atoms with E-state index >= 15 is 0 Å². The Bertz CT molecular complexity index is 1670. The van der Waals surface area contributed by atoms with Gasteiger partial charge in [0.2, 0.25) is 0 Å². The number of anilines is 1. The Balaban J connectivity index is 1.44. The molecule has 0 spiro atoms. The maximum atomic E-state index is 13.4. The summed E-state index contributed by atoms with van der Waals surface area (Å²) < 4.78 is 13.4. The lowest BCUT2D eigenvalue weighted by Crippen LogP contribution is -2.09. The maximum Gasteiger partial charge on any atom is 0.178 e. The van der Waals surface area contributed by atoms with Crippen molar-refractivity contribution < 1.29 is 4.39 Å². The van der Waals surface area contributed by atoms with Gasteiger partial charge in [-0.3, -0.25) is 10.1 Å². The molecule has 6 aromatic rings. The van der Waals surface area contributed by atoms with Crippen molar-refractivity contribution in [1.82, 2.24) is 35.1 Å². The summed E-state index contributed by atoms with van der Waals surface area (Å²) in [5.74, 6) is 0.265. The summed E-state index contributed by atoms with van der Waals surface area (Å²) in [4.78, 5) is 21.7. The van der Waals surface area contributed by atoms with Gasteiger partial charge < -0.3 is 10.3 Å². The second-order valence-electron chi connectivity index (χ2n) is 8.58. The van der Waals surface area contributed by atoms with Crippen LogP contribution in [0.2, 0.25) is 0 Å². The predicted molar refractivity (Wildman–Crippen MR) is 134 cm³/mol. The van der Waals surface area contributed by atoms with Gasteiger partial charge in [0.05, 0.1) is 22.4 Å². The van der Waals surface area contributed by atoms with E-state index in [1.165, 1.54) is 12.1 Å². The third kappa shape index (κ3) is 3.86. The average molecular weight is 465 g/mol. The molecule has 5 aromatic heterocycles. The van der Waals surface area contributed by atoms with Crippen LogP contribution in [0.5, 0.6) is 0 Å². The van der Waals surface area contributed by atoms with Gasteiger partial charge in [0.15, 0.2) is 17.2 Å². The highest BCUT2D eigenvalue weighted by Crippen LogP contribution is 2.31. The molecule has 1 aromatic carbocycles. The Morgan fingerprint density at radius 1 is 0.943 bits per heavy atom. The van der Waals surface area contributed by atoms with Gasteiger partial charge in [0, 0.05) is 35.8 Å². The lowest BCUT2D eigenvalue weighted by Gasteiger charge is -2.10. The van der Waals surface area contributed by atoms with Gasteiger partial charge in [0.25, 0.3) is 0 Å². The van der Waals surface area contributed by atoms with E-state index in [0.717, 1.165) is 39.1 Å². The summed E-state index contributed by atoms with van der Waals surface area (Å²) in [6, 6.07) is 14.4. The number of nitrogens with zero attached hydrogens (tertiary/aromatic N) is 5. The van der Waals surface area contributed by atoms with Gasteiger partial charge in [0.1, 0.15) is 11.3 Å². The van der Waals surface area contributed by atoms with E-state index in [4.69, 9.17) is 4.98 Å². The summed E-state index contributed by atoms with van der Waals surface area (Å²) in [7, 11) is 0. The van der Waals surface area contributed by atoms with Crippen LogP contribution in [0.3, 0.4) is 0 Å². The molecule has 5 heterocycles. The molecule has 3 N–H and O–H groups in total. The summed E-state index contributed by atoms with van der Waals surface area (Å²) in [5.41, 5.74) is 7.72. The third-order valence-corrected chi connectivity index (χ3v) is 5.67. The standard InChI is InChI=1S/C26H21FN8/c1-14(2)30-18-11-16(12-28-13-18)20-7-8-21-23(31-20)24(35-34-21)26-32-22-19(9-10-29-25(22)33-26)15-3-5-17(27)6-4-15/h3-14,30H,1-2H3,(H,34,35)(H,29,32,33). The van der Waals surface area contributed by atoms with Crippen molar-refractivity contribution in [2.75, 3.05) is 5.32 Å². The number of nitrogens with one attached hydrogen (secondary N) is 3. The highest BCUT2D eigenvalue weighted by atomic mass is 19.1. The van der Waals surface area contributed by atoms with E-state index in [0.29, 0.717) is 28.7 Å². The maximum absolute atomic E-state index is 13.4. The number of rotatable bonds is 5. The van der Waals surface area contributed by atoms with Crippen LogP contribution in [0.1, 0.15) is 13.8 Å². The molecule has 172 valence electrons. The molecule has 0 bridgehead atoms. The number of benzene rings is 1. The molecule has 0 amide bonds. The smallest absolute Gasteiger partial charge is 0.178 e. The van der Waals surface area contributed by atoms with Crippen LogP contribution in [0, 0.1) is 5.82 Å². The van der Waals surface area contributed by atoms with E-state index in [1.807, 2.05) is 24.3 Å². The number of halogens is 1. The van der Waals surface area contributed by atoms with Gasteiger partial charge in [-0.05, 0) is 55.8 Å². The van der Waals surface area contributed by atoms with E-state index < -0.39 is 0 Å². The van der Waals surface area contributed by atoms with Gasteiger partial charge >= 0.3 is 0 Å². The zero-order valence-electron chi connectivity index (χ0n) is 19.0. The minimum absolute atomic E-state index is 0.282. The second kappa shape index (κ2) is 8.28. The fraction of sp³-hybridized carbons (Fsp3) is 0.115. The fourth-order valence-corrected chi connectivity index (χ4v) is 4.11. The molecular weight excluding hydrogens is 443 g/mol. The Morgan fingerprint density at radius 2 is 1.80 bits per heavy atom. The number of aromatic amines is 2. The highest BCUT2D eigenvalue weighted by Gasteiger charge is 2.17. The number of H-pyrrole nitrogens is 2. The van der Waals surface area contributed by atoms with Crippen LogP contribution < -0.4 is 5.32 Å². The van der Waals surface area contributed by atoms with Gasteiger partial charge in [-0.15, -0.1) is 0 Å². The van der Waals surface area contributed by atoms with Crippen LogP contribution in [0.4, 0.5) is 10.1 Å². The van der Waals surface area contributed by atoms with Crippen LogP contribution in [-0.4, -0.2) is 41.2 Å². The first-order chi connectivity index (χ1) is 17.0. The highest BCUT2D eigenvalue weighted by molar-refractivity contribution is 5.94. The molecule has 0 aliphatic heterocycles. The zero-order chi connectivity index (χ0) is 23.9. The summed E-state index contributed by atoms with van der Waals surface area (Å²) in [6.07, 6.45) is 5.28. The van der Waals surface area contributed by atoms with E-state index in [2.05, 4.69) is 49.3 Å². The number of hydrogen-bond donors (Lipinski definition) is 3. The topological polar surface area (TPSA) is 108 Å². The van der Waals surface area contributed by atoms with E-state index in [1.54, 1.807) is 30.7 Å². The molecule has 0 atom stereocenters. The van der Waals surface area contributed by atoms with Crippen molar-refractivity contribution in [3.63, 3.8) is 0 Å². The molecule has 6 rings (SSSR count). The van der Waals surface area contributed by atoms with Gasteiger partial charge in [-0.1, -0.05) is 12.1 Å².